The predicted molar refractivity (Wildman–Crippen MR) is 60.5 cm³/mol. The molecule has 1 amide bonds. The molecule has 0 aromatic rings. The first-order chi connectivity index (χ1) is 7.72. The third-order valence-electron chi connectivity index (χ3n) is 3.13. The molecule has 0 radical (unpaired) electrons. The van der Waals surface area contributed by atoms with E-state index in [9.17, 15) is 9.59 Å². The van der Waals surface area contributed by atoms with Gasteiger partial charge in [-0.05, 0) is 32.8 Å². The number of carboxylic acids is 1. The number of hydrogen-bond donors (Lipinski definition) is 1. The number of hydrogen-bond acceptors (Lipinski definition) is 3. The number of carbonyl (C=O) groups is 2. The van der Waals surface area contributed by atoms with Crippen molar-refractivity contribution in [1.29, 1.82) is 0 Å². The Morgan fingerprint density at radius 3 is 2.53 bits per heavy atom. The van der Waals surface area contributed by atoms with Crippen LogP contribution in [0.15, 0.2) is 12.2 Å². The molecule has 1 aliphatic carbocycles. The van der Waals surface area contributed by atoms with Gasteiger partial charge in [-0.1, -0.05) is 6.58 Å². The van der Waals surface area contributed by atoms with Gasteiger partial charge in [0.15, 0.2) is 0 Å². The highest BCUT2D eigenvalue weighted by Crippen LogP contribution is 2.52. The number of carbonyl (C=O) groups excluding carboxylic acids is 1. The number of likely N-dealkylation sites (tertiary alicyclic amines) is 1. The molecule has 0 aromatic carbocycles. The summed E-state index contributed by atoms with van der Waals surface area (Å²) in [7, 11) is 0. The molecule has 0 bridgehead atoms. The van der Waals surface area contributed by atoms with E-state index < -0.39 is 23.7 Å². The first kappa shape index (κ1) is 12.0. The van der Waals surface area contributed by atoms with E-state index in [1.54, 1.807) is 20.8 Å². The minimum Gasteiger partial charge on any atom is -0.480 e. The lowest BCUT2D eigenvalue weighted by molar-refractivity contribution is -0.142. The smallest absolute Gasteiger partial charge is 0.411 e. The summed E-state index contributed by atoms with van der Waals surface area (Å²) in [5, 5.41) is 9.08. The number of fused-ring (bicyclic) bond motifs is 1. The highest BCUT2D eigenvalue weighted by Gasteiger charge is 2.60. The van der Waals surface area contributed by atoms with Crippen molar-refractivity contribution in [2.45, 2.75) is 44.9 Å². The van der Waals surface area contributed by atoms with Gasteiger partial charge in [-0.3, -0.25) is 4.90 Å². The summed E-state index contributed by atoms with van der Waals surface area (Å²) < 4.78 is 5.23. The molecule has 0 aromatic heterocycles. The van der Waals surface area contributed by atoms with Crippen LogP contribution in [0.1, 0.15) is 27.2 Å². The van der Waals surface area contributed by atoms with Crippen molar-refractivity contribution < 1.29 is 19.4 Å². The normalized spacial score (nSPS) is 31.1. The maximum atomic E-state index is 12.0. The fourth-order valence-corrected chi connectivity index (χ4v) is 2.33. The van der Waals surface area contributed by atoms with E-state index in [2.05, 4.69) is 6.58 Å². The molecule has 2 aliphatic rings. The van der Waals surface area contributed by atoms with Crippen LogP contribution in [-0.2, 0) is 9.53 Å². The molecule has 17 heavy (non-hydrogen) atoms. The van der Waals surface area contributed by atoms with Gasteiger partial charge < -0.3 is 9.84 Å². The van der Waals surface area contributed by atoms with Crippen molar-refractivity contribution >= 4 is 12.1 Å². The monoisotopic (exact) mass is 239 g/mol. The maximum Gasteiger partial charge on any atom is 0.411 e. The van der Waals surface area contributed by atoms with Gasteiger partial charge in [0.2, 0.25) is 0 Å². The lowest BCUT2D eigenvalue weighted by atomic mass is 10.1. The Bertz CT molecular complexity index is 396. The fourth-order valence-electron chi connectivity index (χ4n) is 2.33. The Kier molecular flexibility index (Phi) is 2.45. The van der Waals surface area contributed by atoms with Crippen LogP contribution in [0.25, 0.3) is 0 Å². The second kappa shape index (κ2) is 3.48. The molecule has 1 aliphatic heterocycles. The van der Waals surface area contributed by atoms with Gasteiger partial charge in [0.05, 0.1) is 6.04 Å². The van der Waals surface area contributed by atoms with Crippen molar-refractivity contribution in [3.63, 3.8) is 0 Å². The zero-order valence-electron chi connectivity index (χ0n) is 10.3. The Labute approximate surface area is 100 Å². The second-order valence-corrected chi connectivity index (χ2v) is 5.60. The lowest BCUT2D eigenvalue weighted by Crippen LogP contribution is -2.45. The fraction of sp³-hybridized carbons (Fsp3) is 0.667. The number of rotatable bonds is 1. The quantitative estimate of drug-likeness (QED) is 0.706. The molecule has 1 N–H and O–H groups in total. The van der Waals surface area contributed by atoms with Crippen molar-refractivity contribution in [2.24, 2.45) is 5.92 Å². The zero-order valence-corrected chi connectivity index (χ0v) is 10.3. The summed E-state index contributed by atoms with van der Waals surface area (Å²) in [6.45, 7) is 9.11. The van der Waals surface area contributed by atoms with E-state index in [1.807, 2.05) is 0 Å². The Morgan fingerprint density at radius 2 is 2.06 bits per heavy atom. The van der Waals surface area contributed by atoms with E-state index in [0.29, 0.717) is 6.42 Å². The molecule has 2 rings (SSSR count). The number of carboxylic acid groups (broad SMARTS) is 1. The minimum absolute atomic E-state index is 0.133. The van der Waals surface area contributed by atoms with Crippen LogP contribution in [0.2, 0.25) is 0 Å². The molecular formula is C12H17NO4. The van der Waals surface area contributed by atoms with Gasteiger partial charge in [0.1, 0.15) is 11.6 Å². The Morgan fingerprint density at radius 1 is 1.47 bits per heavy atom. The largest absolute Gasteiger partial charge is 0.480 e. The van der Waals surface area contributed by atoms with Crippen LogP contribution in [-0.4, -0.2) is 39.8 Å². The van der Waals surface area contributed by atoms with Crippen LogP contribution in [0.4, 0.5) is 4.79 Å². The molecule has 3 atom stereocenters. The van der Waals surface area contributed by atoms with Gasteiger partial charge in [-0.2, -0.15) is 0 Å². The average Bonchev–Trinajstić information content (AvgIpc) is 2.61. The average molecular weight is 239 g/mol. The van der Waals surface area contributed by atoms with Crippen molar-refractivity contribution in [3.05, 3.63) is 12.2 Å². The molecule has 0 unspecified atom stereocenters. The van der Waals surface area contributed by atoms with Crippen LogP contribution >= 0.6 is 0 Å². The number of amides is 1. The van der Waals surface area contributed by atoms with Crippen LogP contribution in [0, 0.1) is 5.92 Å². The highest BCUT2D eigenvalue weighted by atomic mass is 16.6. The number of piperidine rings is 1. The lowest BCUT2D eigenvalue weighted by Gasteiger charge is -2.28. The summed E-state index contributed by atoms with van der Waals surface area (Å²) in [5.74, 6) is -0.834. The summed E-state index contributed by atoms with van der Waals surface area (Å²) in [5.41, 5.74) is 0.322. The van der Waals surface area contributed by atoms with E-state index >= 15 is 0 Å². The number of aliphatic carboxylic acids is 1. The van der Waals surface area contributed by atoms with E-state index in [4.69, 9.17) is 9.84 Å². The molecule has 1 saturated carbocycles. The number of nitrogens with zero attached hydrogens (tertiary/aromatic N) is 1. The minimum atomic E-state index is -0.976. The standard InChI is InChI=1S/C12H17NO4/c1-6-7-5-8(10(14)15)13(9(6)7)11(16)17-12(2,3)4/h7-9H,1,5H2,2-4H3,(H,14,15)/t7-,8+,9+/m0/s1. The van der Waals surface area contributed by atoms with E-state index in [0.717, 1.165) is 5.57 Å². The predicted octanol–water partition coefficient (Wildman–Crippen LogP) is 1.64. The van der Waals surface area contributed by atoms with Gasteiger partial charge >= 0.3 is 12.1 Å². The van der Waals surface area contributed by atoms with Crippen molar-refractivity contribution in [2.75, 3.05) is 0 Å². The molecule has 5 nitrogen and oxygen atoms in total. The van der Waals surface area contributed by atoms with Crippen molar-refractivity contribution in [1.82, 2.24) is 4.90 Å². The van der Waals surface area contributed by atoms with Gasteiger partial charge in [-0.25, -0.2) is 9.59 Å². The summed E-state index contributed by atoms with van der Waals surface area (Å²) in [4.78, 5) is 24.4. The Balaban J connectivity index is 2.14. The van der Waals surface area contributed by atoms with Gasteiger partial charge in [-0.15, -0.1) is 0 Å². The van der Waals surface area contributed by atoms with Crippen molar-refractivity contribution in [3.8, 4) is 0 Å². The topological polar surface area (TPSA) is 66.8 Å². The summed E-state index contributed by atoms with van der Waals surface area (Å²) in [6.07, 6.45) is -0.103. The van der Waals surface area contributed by atoms with Crippen LogP contribution < -0.4 is 0 Å². The molecule has 1 heterocycles. The first-order valence-corrected chi connectivity index (χ1v) is 5.65. The van der Waals surface area contributed by atoms with Gasteiger partial charge in [0, 0.05) is 5.92 Å². The Hall–Kier alpha value is -1.52. The molecule has 94 valence electrons. The third-order valence-corrected chi connectivity index (χ3v) is 3.13. The number of ether oxygens (including phenoxy) is 1. The first-order valence-electron chi connectivity index (χ1n) is 5.65. The SMILES string of the molecule is C=C1[C@@H]2[C@H]1C[C@H](C(=O)O)N2C(=O)OC(C)(C)C. The second-order valence-electron chi connectivity index (χ2n) is 5.60. The summed E-state index contributed by atoms with van der Waals surface area (Å²) in [6, 6.07) is -0.906. The molecule has 5 heteroatoms. The maximum absolute atomic E-state index is 12.0. The zero-order chi connectivity index (χ0) is 13.0. The third kappa shape index (κ3) is 2.01. The van der Waals surface area contributed by atoms with Crippen LogP contribution in [0.3, 0.4) is 0 Å². The van der Waals surface area contributed by atoms with E-state index in [-0.39, 0.29) is 12.0 Å². The van der Waals surface area contributed by atoms with Crippen LogP contribution in [0.5, 0.6) is 0 Å². The molecular weight excluding hydrogens is 222 g/mol. The van der Waals surface area contributed by atoms with Gasteiger partial charge in [0.25, 0.3) is 0 Å². The van der Waals surface area contributed by atoms with E-state index in [1.165, 1.54) is 4.90 Å². The molecule has 1 saturated heterocycles. The summed E-state index contributed by atoms with van der Waals surface area (Å²) >= 11 is 0. The molecule has 2 fully saturated rings. The highest BCUT2D eigenvalue weighted by molar-refractivity contribution is 5.83. The molecule has 0 spiro atoms.